The Bertz CT molecular complexity index is 416. The topological polar surface area (TPSA) is 56.4 Å². The molecule has 2 heterocycles. The van der Waals surface area contributed by atoms with Gasteiger partial charge in [-0.15, -0.1) is 0 Å². The number of urea groups is 1. The Hall–Kier alpha value is -1.59. The van der Waals surface area contributed by atoms with E-state index < -0.39 is 0 Å². The smallest absolute Gasteiger partial charge is 0.317 e. The van der Waals surface area contributed by atoms with Gasteiger partial charge in [0.25, 0.3) is 0 Å². The number of carbonyl (C=O) groups is 1. The Labute approximate surface area is 107 Å². The lowest BCUT2D eigenvalue weighted by Gasteiger charge is -2.34. The largest absolute Gasteiger partial charge is 0.330 e. The minimum Gasteiger partial charge on any atom is -0.317 e. The fraction of sp³-hybridized carbons (Fsp3) is 0.462. The molecule has 0 spiro atoms. The van der Waals surface area contributed by atoms with Crippen LogP contribution in [0, 0.1) is 0 Å². The number of nitrogens with zero attached hydrogens (tertiary/aromatic N) is 1. The summed E-state index contributed by atoms with van der Waals surface area (Å²) in [6, 6.07) is 10.4. The molecule has 2 fully saturated rings. The van der Waals surface area contributed by atoms with Crippen molar-refractivity contribution in [1.82, 2.24) is 21.1 Å². The summed E-state index contributed by atoms with van der Waals surface area (Å²) in [4.78, 5) is 11.6. The summed E-state index contributed by atoms with van der Waals surface area (Å²) >= 11 is 0. The molecule has 2 saturated heterocycles. The molecule has 5 heteroatoms. The van der Waals surface area contributed by atoms with Gasteiger partial charge in [0, 0.05) is 6.04 Å². The van der Waals surface area contributed by atoms with E-state index in [1.165, 1.54) is 0 Å². The van der Waals surface area contributed by atoms with Gasteiger partial charge in [-0.3, -0.25) is 5.43 Å². The molecule has 18 heavy (non-hydrogen) atoms. The Kier molecular flexibility index (Phi) is 3.17. The van der Waals surface area contributed by atoms with Crippen LogP contribution >= 0.6 is 0 Å². The summed E-state index contributed by atoms with van der Waals surface area (Å²) < 4.78 is 0. The van der Waals surface area contributed by atoms with Gasteiger partial charge in [0.1, 0.15) is 6.17 Å². The van der Waals surface area contributed by atoms with Gasteiger partial charge in [-0.2, -0.15) is 5.01 Å². The first-order chi connectivity index (χ1) is 8.84. The van der Waals surface area contributed by atoms with E-state index >= 15 is 0 Å². The number of amides is 2. The second kappa shape index (κ2) is 4.96. The van der Waals surface area contributed by atoms with Crippen molar-refractivity contribution in [2.45, 2.75) is 25.0 Å². The third-order valence-corrected chi connectivity index (χ3v) is 3.59. The van der Waals surface area contributed by atoms with E-state index in [0.717, 1.165) is 31.5 Å². The number of hydrogen-bond donors (Lipinski definition) is 3. The molecule has 2 amide bonds. The number of hydrazine groups is 1. The molecule has 96 valence electrons. The molecule has 3 rings (SSSR count). The zero-order chi connectivity index (χ0) is 12.4. The standard InChI is InChI=1S/C13H18N4O/c18-13-15-12(10-4-2-1-3-5-10)17(16-13)11-6-8-14-9-7-11/h1-5,11-12,14H,6-9H2,(H2,15,16,18). The highest BCUT2D eigenvalue weighted by molar-refractivity contribution is 5.75. The molecular weight excluding hydrogens is 228 g/mol. The van der Waals surface area contributed by atoms with E-state index in [2.05, 4.69) is 21.1 Å². The molecule has 1 aromatic rings. The Morgan fingerprint density at radius 3 is 2.56 bits per heavy atom. The average Bonchev–Trinajstić information content (AvgIpc) is 2.83. The van der Waals surface area contributed by atoms with Crippen molar-refractivity contribution in [3.63, 3.8) is 0 Å². The van der Waals surface area contributed by atoms with Crippen LogP contribution in [0.15, 0.2) is 30.3 Å². The lowest BCUT2D eigenvalue weighted by atomic mass is 10.0. The van der Waals surface area contributed by atoms with Crippen molar-refractivity contribution in [3.8, 4) is 0 Å². The van der Waals surface area contributed by atoms with Crippen molar-refractivity contribution in [2.24, 2.45) is 0 Å². The monoisotopic (exact) mass is 246 g/mol. The molecule has 2 aliphatic heterocycles. The zero-order valence-electron chi connectivity index (χ0n) is 10.2. The summed E-state index contributed by atoms with van der Waals surface area (Å²) in [6.45, 7) is 2.02. The van der Waals surface area contributed by atoms with Crippen LogP contribution in [-0.4, -0.2) is 30.2 Å². The normalized spacial score (nSPS) is 25.8. The minimum atomic E-state index is -0.109. The Balaban J connectivity index is 1.81. The van der Waals surface area contributed by atoms with Gasteiger partial charge in [0.15, 0.2) is 0 Å². The number of nitrogens with one attached hydrogen (secondary N) is 3. The third kappa shape index (κ3) is 2.19. The van der Waals surface area contributed by atoms with Gasteiger partial charge < -0.3 is 10.6 Å². The molecule has 0 bridgehead atoms. The van der Waals surface area contributed by atoms with Crippen LogP contribution in [-0.2, 0) is 0 Å². The number of rotatable bonds is 2. The predicted molar refractivity (Wildman–Crippen MR) is 68.6 cm³/mol. The lowest BCUT2D eigenvalue weighted by Crippen LogP contribution is -2.48. The van der Waals surface area contributed by atoms with Crippen molar-refractivity contribution in [3.05, 3.63) is 35.9 Å². The molecule has 3 N–H and O–H groups in total. The number of carbonyl (C=O) groups excluding carboxylic acids is 1. The van der Waals surface area contributed by atoms with Gasteiger partial charge in [0.05, 0.1) is 0 Å². The van der Waals surface area contributed by atoms with E-state index in [-0.39, 0.29) is 12.2 Å². The van der Waals surface area contributed by atoms with Crippen LogP contribution in [0.3, 0.4) is 0 Å². The Morgan fingerprint density at radius 1 is 1.11 bits per heavy atom. The van der Waals surface area contributed by atoms with E-state index in [1.807, 2.05) is 30.3 Å². The van der Waals surface area contributed by atoms with Gasteiger partial charge in [0.2, 0.25) is 0 Å². The summed E-state index contributed by atoms with van der Waals surface area (Å²) in [5, 5.41) is 8.39. The molecule has 0 aromatic heterocycles. The highest BCUT2D eigenvalue weighted by Gasteiger charge is 2.35. The molecule has 1 aromatic carbocycles. The van der Waals surface area contributed by atoms with Crippen LogP contribution in [0.4, 0.5) is 4.79 Å². The highest BCUT2D eigenvalue weighted by atomic mass is 16.2. The van der Waals surface area contributed by atoms with E-state index in [0.29, 0.717) is 6.04 Å². The maximum absolute atomic E-state index is 11.6. The molecule has 1 unspecified atom stereocenters. The first-order valence-corrected chi connectivity index (χ1v) is 6.46. The van der Waals surface area contributed by atoms with Gasteiger partial charge in [-0.1, -0.05) is 30.3 Å². The summed E-state index contributed by atoms with van der Waals surface area (Å²) in [6.07, 6.45) is 2.07. The highest BCUT2D eigenvalue weighted by Crippen LogP contribution is 2.25. The van der Waals surface area contributed by atoms with Crippen molar-refractivity contribution in [2.75, 3.05) is 13.1 Å². The van der Waals surface area contributed by atoms with Crippen LogP contribution in [0.25, 0.3) is 0 Å². The number of piperidine rings is 1. The first kappa shape index (κ1) is 11.5. The molecule has 0 radical (unpaired) electrons. The van der Waals surface area contributed by atoms with E-state index in [9.17, 15) is 4.79 Å². The minimum absolute atomic E-state index is 0.0539. The predicted octanol–water partition coefficient (Wildman–Crippen LogP) is 0.967. The van der Waals surface area contributed by atoms with Gasteiger partial charge in [-0.05, 0) is 31.5 Å². The summed E-state index contributed by atoms with van der Waals surface area (Å²) in [5.74, 6) is 0. The van der Waals surface area contributed by atoms with Crippen LogP contribution in [0.2, 0.25) is 0 Å². The maximum Gasteiger partial charge on any atom is 0.330 e. The van der Waals surface area contributed by atoms with Crippen molar-refractivity contribution < 1.29 is 4.79 Å². The Morgan fingerprint density at radius 2 is 1.83 bits per heavy atom. The van der Waals surface area contributed by atoms with Crippen LogP contribution in [0.5, 0.6) is 0 Å². The van der Waals surface area contributed by atoms with Gasteiger partial charge in [-0.25, -0.2) is 4.79 Å². The SMILES string of the molecule is O=C1NC(c2ccccc2)N(C2CCNCC2)N1. The van der Waals surface area contributed by atoms with Crippen LogP contribution in [0.1, 0.15) is 24.6 Å². The van der Waals surface area contributed by atoms with E-state index in [1.54, 1.807) is 0 Å². The second-order valence-electron chi connectivity index (χ2n) is 4.79. The van der Waals surface area contributed by atoms with Crippen LogP contribution < -0.4 is 16.1 Å². The molecule has 1 atom stereocenters. The fourth-order valence-corrected chi connectivity index (χ4v) is 2.67. The van der Waals surface area contributed by atoms with Gasteiger partial charge >= 0.3 is 6.03 Å². The quantitative estimate of drug-likeness (QED) is 0.728. The molecule has 0 aliphatic carbocycles. The summed E-state index contributed by atoms with van der Waals surface area (Å²) in [5.41, 5.74) is 4.05. The van der Waals surface area contributed by atoms with Crippen molar-refractivity contribution >= 4 is 6.03 Å². The average molecular weight is 246 g/mol. The van der Waals surface area contributed by atoms with Crippen molar-refractivity contribution in [1.29, 1.82) is 0 Å². The lowest BCUT2D eigenvalue weighted by molar-refractivity contribution is 0.0942. The number of benzene rings is 1. The molecular formula is C13H18N4O. The third-order valence-electron chi connectivity index (χ3n) is 3.59. The van der Waals surface area contributed by atoms with E-state index in [4.69, 9.17) is 0 Å². The first-order valence-electron chi connectivity index (χ1n) is 6.46. The maximum atomic E-state index is 11.6. The number of hydrogen-bond acceptors (Lipinski definition) is 3. The second-order valence-corrected chi connectivity index (χ2v) is 4.79. The molecule has 2 aliphatic rings. The molecule has 5 nitrogen and oxygen atoms in total. The fourth-order valence-electron chi connectivity index (χ4n) is 2.67. The summed E-state index contributed by atoms with van der Waals surface area (Å²) in [7, 11) is 0. The zero-order valence-corrected chi connectivity index (χ0v) is 10.2. The molecule has 0 saturated carbocycles.